The van der Waals surface area contributed by atoms with Crippen LogP contribution in [0.1, 0.15) is 10.7 Å². The molecule has 11 heteroatoms. The Morgan fingerprint density at radius 1 is 1.05 bits per heavy atom. The maximum absolute atomic E-state index is 12.7. The Morgan fingerprint density at radius 3 is 2.09 bits per heavy atom. The third-order valence-corrected chi connectivity index (χ3v) is 2.77. The number of hydrogen-bond donors (Lipinski definition) is 0. The van der Waals surface area contributed by atoms with Gasteiger partial charge in [-0.25, -0.2) is 9.67 Å². The zero-order valence-corrected chi connectivity index (χ0v) is 11.9. The van der Waals surface area contributed by atoms with Gasteiger partial charge >= 0.3 is 12.3 Å². The lowest BCUT2D eigenvalue weighted by Crippen LogP contribution is -2.41. The van der Waals surface area contributed by atoms with E-state index in [0.717, 1.165) is 12.1 Å². The first-order chi connectivity index (χ1) is 10.1. The Balaban J connectivity index is 2.16. The van der Waals surface area contributed by atoms with Crippen molar-refractivity contribution in [2.24, 2.45) is 0 Å². The van der Waals surface area contributed by atoms with Crippen LogP contribution in [-0.2, 0) is 0 Å². The maximum Gasteiger partial charge on any atom is 0.499 e. The number of nitrogens with zero attached hydrogens (tertiary/aromatic N) is 3. The third-order valence-electron chi connectivity index (χ3n) is 2.38. The summed E-state index contributed by atoms with van der Waals surface area (Å²) in [5, 5.41) is 3.90. The van der Waals surface area contributed by atoms with Crippen molar-refractivity contribution in [2.45, 2.75) is 17.1 Å². The maximum atomic E-state index is 12.7. The van der Waals surface area contributed by atoms with Crippen molar-refractivity contribution in [3.05, 3.63) is 36.4 Å². The van der Waals surface area contributed by atoms with E-state index in [1.807, 2.05) is 0 Å². The van der Waals surface area contributed by atoms with Crippen LogP contribution in [0.3, 0.4) is 0 Å². The quantitative estimate of drug-likeness (QED) is 0.602. The van der Waals surface area contributed by atoms with Crippen LogP contribution in [0.4, 0.5) is 22.0 Å². The summed E-state index contributed by atoms with van der Waals surface area (Å²) in [4.78, 5) is 2.84. The fourth-order valence-electron chi connectivity index (χ4n) is 1.37. The van der Waals surface area contributed by atoms with Gasteiger partial charge in [0.15, 0.2) is 10.7 Å². The number of aromatic nitrogens is 3. The van der Waals surface area contributed by atoms with E-state index in [-0.39, 0.29) is 5.82 Å². The molecule has 0 amide bonds. The van der Waals surface area contributed by atoms with Crippen LogP contribution in [0.15, 0.2) is 30.6 Å². The van der Waals surface area contributed by atoms with Gasteiger partial charge in [-0.3, -0.25) is 0 Å². The molecule has 0 aliphatic heterocycles. The highest BCUT2D eigenvalue weighted by Crippen LogP contribution is 2.37. The van der Waals surface area contributed by atoms with Crippen LogP contribution in [-0.4, -0.2) is 27.0 Å². The molecule has 0 unspecified atom stereocenters. The molecule has 22 heavy (non-hydrogen) atoms. The van der Waals surface area contributed by atoms with Crippen molar-refractivity contribution < 1.29 is 26.7 Å². The predicted octanol–water partition coefficient (Wildman–Crippen LogP) is 4.28. The van der Waals surface area contributed by atoms with E-state index in [4.69, 9.17) is 23.2 Å². The Morgan fingerprint density at radius 2 is 1.64 bits per heavy atom. The normalized spacial score (nSPS) is 12.7. The lowest BCUT2D eigenvalue weighted by Gasteiger charge is -2.20. The van der Waals surface area contributed by atoms with E-state index in [1.54, 1.807) is 0 Å². The molecule has 120 valence electrons. The number of alkyl halides is 7. The molecule has 0 spiro atoms. The average molecular weight is 362 g/mol. The predicted molar refractivity (Wildman–Crippen MR) is 67.4 cm³/mol. The Labute approximate surface area is 130 Å². The van der Waals surface area contributed by atoms with Crippen molar-refractivity contribution in [3.8, 4) is 11.4 Å². The largest absolute Gasteiger partial charge is 0.499 e. The van der Waals surface area contributed by atoms with Gasteiger partial charge in [-0.1, -0.05) is 23.2 Å². The van der Waals surface area contributed by atoms with Gasteiger partial charge < -0.3 is 4.74 Å². The number of halogens is 7. The first-order valence-electron chi connectivity index (χ1n) is 5.54. The van der Waals surface area contributed by atoms with Crippen LogP contribution in [0.25, 0.3) is 5.69 Å². The zero-order chi connectivity index (χ0) is 16.5. The van der Waals surface area contributed by atoms with Crippen LogP contribution >= 0.6 is 23.2 Å². The number of rotatable bonds is 4. The summed E-state index contributed by atoms with van der Waals surface area (Å²) in [5.74, 6) is -0.536. The summed E-state index contributed by atoms with van der Waals surface area (Å²) in [5.41, 5.74) is 0.343. The van der Waals surface area contributed by atoms with E-state index in [9.17, 15) is 22.0 Å². The van der Waals surface area contributed by atoms with Crippen molar-refractivity contribution in [3.63, 3.8) is 0 Å². The molecule has 0 saturated heterocycles. The minimum Gasteiger partial charge on any atom is -0.426 e. The molecule has 2 aromatic rings. The van der Waals surface area contributed by atoms with Gasteiger partial charge in [0.25, 0.3) is 0 Å². The Bertz CT molecular complexity index is 642. The minimum atomic E-state index is -5.80. The fourth-order valence-corrected chi connectivity index (χ4v) is 1.57. The third kappa shape index (κ3) is 3.58. The number of hydrogen-bond acceptors (Lipinski definition) is 3. The summed E-state index contributed by atoms with van der Waals surface area (Å²) in [6, 6.07) is 4.32. The molecule has 0 fully saturated rings. The molecule has 1 aromatic carbocycles. The van der Waals surface area contributed by atoms with Gasteiger partial charge in [0.05, 0.1) is 5.69 Å². The van der Waals surface area contributed by atoms with Crippen molar-refractivity contribution in [2.75, 3.05) is 0 Å². The topological polar surface area (TPSA) is 39.9 Å². The van der Waals surface area contributed by atoms with E-state index >= 15 is 0 Å². The van der Waals surface area contributed by atoms with E-state index in [1.165, 1.54) is 23.1 Å². The average Bonchev–Trinajstić information content (AvgIpc) is 2.87. The highest BCUT2D eigenvalue weighted by atomic mass is 35.5. The molecular weight excluding hydrogens is 356 g/mol. The molecule has 4 nitrogen and oxygen atoms in total. The smallest absolute Gasteiger partial charge is 0.426 e. The van der Waals surface area contributed by atoms with Crippen LogP contribution in [0, 0.1) is 0 Å². The Kier molecular flexibility index (Phi) is 4.48. The van der Waals surface area contributed by atoms with Crippen molar-refractivity contribution >= 4 is 23.2 Å². The monoisotopic (exact) mass is 361 g/mol. The molecule has 1 aromatic heterocycles. The highest BCUT2D eigenvalue weighted by molar-refractivity contribution is 6.43. The fraction of sp³-hybridized carbons (Fsp3) is 0.273. The van der Waals surface area contributed by atoms with Crippen LogP contribution in [0.5, 0.6) is 5.75 Å². The number of ether oxygens (including phenoxy) is 1. The van der Waals surface area contributed by atoms with Crippen LogP contribution < -0.4 is 4.74 Å². The lowest BCUT2D eigenvalue weighted by molar-refractivity contribution is -0.360. The van der Waals surface area contributed by atoms with Crippen LogP contribution in [0.2, 0.25) is 0 Å². The van der Waals surface area contributed by atoms with Gasteiger partial charge in [0, 0.05) is 0 Å². The van der Waals surface area contributed by atoms with Gasteiger partial charge in [0.1, 0.15) is 12.1 Å². The second kappa shape index (κ2) is 5.88. The molecule has 0 aliphatic rings. The van der Waals surface area contributed by atoms with Crippen molar-refractivity contribution in [1.29, 1.82) is 0 Å². The molecule has 2 rings (SSSR count). The summed E-state index contributed by atoms with van der Waals surface area (Å²) in [6.07, 6.45) is -9.82. The van der Waals surface area contributed by atoms with Gasteiger partial charge in [0.2, 0.25) is 0 Å². The molecule has 0 N–H and O–H groups in total. The van der Waals surface area contributed by atoms with Gasteiger partial charge in [-0.2, -0.15) is 22.0 Å². The summed E-state index contributed by atoms with van der Waals surface area (Å²) < 4.78 is 66.4. The molecule has 0 bridgehead atoms. The zero-order valence-electron chi connectivity index (χ0n) is 10.4. The molecule has 1 heterocycles. The molecular formula is C11H6Cl2F5N3O. The van der Waals surface area contributed by atoms with E-state index in [2.05, 4.69) is 14.8 Å². The van der Waals surface area contributed by atoms with E-state index < -0.39 is 22.9 Å². The van der Waals surface area contributed by atoms with Crippen molar-refractivity contribution in [1.82, 2.24) is 14.8 Å². The molecule has 0 saturated carbocycles. The minimum absolute atomic E-state index is 0.118. The van der Waals surface area contributed by atoms with Gasteiger partial charge in [-0.15, -0.1) is 5.10 Å². The second-order valence-electron chi connectivity index (χ2n) is 3.96. The summed E-state index contributed by atoms with van der Waals surface area (Å²) in [7, 11) is 0. The Hall–Kier alpha value is -1.61. The number of benzene rings is 1. The summed E-state index contributed by atoms with van der Waals surface area (Å²) in [6.45, 7) is 0. The molecule has 0 aliphatic carbocycles. The SMILES string of the molecule is FC(F)(F)C(F)(F)Oc1ccc(-n2cnc(C(Cl)Cl)n2)cc1. The first kappa shape index (κ1) is 16.8. The van der Waals surface area contributed by atoms with Gasteiger partial charge in [-0.05, 0) is 24.3 Å². The molecule has 0 radical (unpaired) electrons. The second-order valence-corrected chi connectivity index (χ2v) is 5.05. The lowest BCUT2D eigenvalue weighted by atomic mass is 10.3. The molecule has 0 atom stereocenters. The van der Waals surface area contributed by atoms with E-state index in [0.29, 0.717) is 5.69 Å². The highest BCUT2D eigenvalue weighted by Gasteiger charge is 2.61. The standard InChI is InChI=1S/C11H6Cl2F5N3O/c12-8(13)9-19-5-21(20-9)6-1-3-7(4-2-6)22-11(17,18)10(14,15)16/h1-5,8H. The summed E-state index contributed by atoms with van der Waals surface area (Å²) >= 11 is 11.1. The first-order valence-corrected chi connectivity index (χ1v) is 6.41.